The van der Waals surface area contributed by atoms with Gasteiger partial charge in [-0.15, -0.1) is 11.3 Å². The maximum absolute atomic E-state index is 6.26. The Morgan fingerprint density at radius 3 is 2.27 bits per heavy atom. The van der Waals surface area contributed by atoms with Gasteiger partial charge in [-0.3, -0.25) is 0 Å². The third-order valence-electron chi connectivity index (χ3n) is 5.41. The zero-order valence-corrected chi connectivity index (χ0v) is 14.7. The Morgan fingerprint density at radius 1 is 1.05 bits per heavy atom. The Bertz CT molecular complexity index is 560. The summed E-state index contributed by atoms with van der Waals surface area (Å²) in [6.45, 7) is 10.1. The molecule has 22 heavy (non-hydrogen) atoms. The van der Waals surface area contributed by atoms with E-state index >= 15 is 0 Å². The average molecular weight is 321 g/mol. The van der Waals surface area contributed by atoms with Crippen molar-refractivity contribution in [3.63, 3.8) is 0 Å². The highest BCUT2D eigenvalue weighted by molar-refractivity contribution is 7.22. The molecular formula is C16H24BNO3S. The highest BCUT2D eigenvalue weighted by Crippen LogP contribution is 2.43. The lowest BCUT2D eigenvalue weighted by Crippen LogP contribution is -2.41. The van der Waals surface area contributed by atoms with Gasteiger partial charge < -0.3 is 14.0 Å². The summed E-state index contributed by atoms with van der Waals surface area (Å²) in [5.41, 5.74) is 0.642. The highest BCUT2D eigenvalue weighted by Gasteiger charge is 2.54. The lowest BCUT2D eigenvalue weighted by molar-refractivity contribution is 0.00578. The van der Waals surface area contributed by atoms with Gasteiger partial charge in [0.15, 0.2) is 0 Å². The van der Waals surface area contributed by atoms with E-state index in [2.05, 4.69) is 27.7 Å². The van der Waals surface area contributed by atoms with E-state index < -0.39 is 0 Å². The zero-order chi connectivity index (χ0) is 15.5. The first kappa shape index (κ1) is 15.1. The molecule has 2 saturated heterocycles. The van der Waals surface area contributed by atoms with Crippen LogP contribution >= 0.6 is 11.3 Å². The van der Waals surface area contributed by atoms with Gasteiger partial charge in [-0.1, -0.05) is 0 Å². The molecule has 3 fully saturated rings. The van der Waals surface area contributed by atoms with E-state index in [1.54, 1.807) is 11.3 Å². The standard InChI is InChI=1S/C16H24BNO3S/c1-15(2)16(3,4)21-17(20-15)13-12(10-5-6-10)18-14(22-13)11-7-8-19-9-11/h10-11H,5-9H2,1-4H3. The van der Waals surface area contributed by atoms with Crippen LogP contribution in [0.3, 0.4) is 0 Å². The molecule has 6 heteroatoms. The molecule has 1 aliphatic carbocycles. The lowest BCUT2D eigenvalue weighted by Gasteiger charge is -2.32. The molecule has 1 aromatic heterocycles. The van der Waals surface area contributed by atoms with Crippen molar-refractivity contribution in [1.82, 2.24) is 4.98 Å². The van der Waals surface area contributed by atoms with E-state index in [1.165, 1.54) is 28.3 Å². The van der Waals surface area contributed by atoms with Crippen LogP contribution in [-0.4, -0.2) is 36.5 Å². The predicted octanol–water partition coefficient (Wildman–Crippen LogP) is 2.82. The van der Waals surface area contributed by atoms with Gasteiger partial charge >= 0.3 is 7.12 Å². The van der Waals surface area contributed by atoms with Gasteiger partial charge in [0.05, 0.1) is 33.3 Å². The summed E-state index contributed by atoms with van der Waals surface area (Å²) in [7, 11) is -0.269. The van der Waals surface area contributed by atoms with E-state index in [9.17, 15) is 0 Å². The number of ether oxygens (including phenoxy) is 1. The van der Waals surface area contributed by atoms with Crippen LogP contribution in [-0.2, 0) is 14.0 Å². The Morgan fingerprint density at radius 2 is 1.73 bits per heavy atom. The maximum atomic E-state index is 6.26. The van der Waals surface area contributed by atoms with Crippen molar-refractivity contribution in [2.75, 3.05) is 13.2 Å². The number of rotatable bonds is 3. The van der Waals surface area contributed by atoms with Gasteiger partial charge in [0.2, 0.25) is 0 Å². The van der Waals surface area contributed by atoms with Gasteiger partial charge in [-0.25, -0.2) is 4.98 Å². The number of hydrogen-bond donors (Lipinski definition) is 0. The Labute approximate surface area is 136 Å². The summed E-state index contributed by atoms with van der Waals surface area (Å²) in [4.78, 5) is 4.97. The fourth-order valence-corrected chi connectivity index (χ4v) is 4.26. The number of nitrogens with zero attached hydrogens (tertiary/aromatic N) is 1. The fraction of sp³-hybridized carbons (Fsp3) is 0.812. The quantitative estimate of drug-likeness (QED) is 0.803. The number of aromatic nitrogens is 1. The van der Waals surface area contributed by atoms with E-state index in [0.29, 0.717) is 11.8 Å². The van der Waals surface area contributed by atoms with Gasteiger partial charge in [0.1, 0.15) is 0 Å². The molecule has 2 aliphatic heterocycles. The second kappa shape index (κ2) is 5.03. The molecule has 1 unspecified atom stereocenters. The second-order valence-electron chi connectivity index (χ2n) is 7.72. The topological polar surface area (TPSA) is 40.6 Å². The summed E-state index contributed by atoms with van der Waals surface area (Å²) >= 11 is 1.78. The van der Waals surface area contributed by atoms with Crippen molar-refractivity contribution in [1.29, 1.82) is 0 Å². The molecule has 0 N–H and O–H groups in total. The van der Waals surface area contributed by atoms with E-state index in [4.69, 9.17) is 19.0 Å². The molecule has 120 valence electrons. The Balaban J connectivity index is 1.66. The smallest absolute Gasteiger partial charge is 0.399 e. The summed E-state index contributed by atoms with van der Waals surface area (Å²) < 4.78 is 19.3. The van der Waals surface area contributed by atoms with Crippen LogP contribution in [0.4, 0.5) is 0 Å². The number of thiazole rings is 1. The largest absolute Gasteiger partial charge is 0.507 e. The minimum atomic E-state index is -0.293. The molecular weight excluding hydrogens is 297 g/mol. The molecule has 3 heterocycles. The SMILES string of the molecule is CC1(C)OB(c2sc(C3CCOC3)nc2C2CC2)OC1(C)C. The first-order valence-electron chi connectivity index (χ1n) is 8.31. The van der Waals surface area contributed by atoms with Gasteiger partial charge in [-0.05, 0) is 47.0 Å². The van der Waals surface area contributed by atoms with Crippen LogP contribution in [0.2, 0.25) is 0 Å². The van der Waals surface area contributed by atoms with Gasteiger partial charge in [0.25, 0.3) is 0 Å². The molecule has 1 aromatic rings. The van der Waals surface area contributed by atoms with Crippen molar-refractivity contribution in [2.24, 2.45) is 0 Å². The van der Waals surface area contributed by atoms with Crippen LogP contribution < -0.4 is 4.78 Å². The van der Waals surface area contributed by atoms with Gasteiger partial charge in [-0.2, -0.15) is 0 Å². The summed E-state index contributed by atoms with van der Waals surface area (Å²) in [6, 6.07) is 0. The fourth-order valence-electron chi connectivity index (χ4n) is 3.03. The monoisotopic (exact) mass is 321 g/mol. The first-order valence-corrected chi connectivity index (χ1v) is 9.13. The van der Waals surface area contributed by atoms with Crippen LogP contribution in [0.5, 0.6) is 0 Å². The van der Waals surface area contributed by atoms with Crippen LogP contribution in [0.25, 0.3) is 0 Å². The van der Waals surface area contributed by atoms with E-state index in [-0.39, 0.29) is 18.3 Å². The summed E-state index contributed by atoms with van der Waals surface area (Å²) in [5.74, 6) is 1.07. The Kier molecular flexibility index (Phi) is 3.46. The molecule has 4 rings (SSSR count). The van der Waals surface area contributed by atoms with Crippen molar-refractivity contribution in [3.05, 3.63) is 10.7 Å². The summed E-state index contributed by atoms with van der Waals surface area (Å²) in [6.07, 6.45) is 3.58. The molecule has 1 saturated carbocycles. The highest BCUT2D eigenvalue weighted by atomic mass is 32.1. The minimum Gasteiger partial charge on any atom is -0.399 e. The van der Waals surface area contributed by atoms with E-state index in [0.717, 1.165) is 19.6 Å². The molecule has 0 radical (unpaired) electrons. The minimum absolute atomic E-state index is 0.269. The molecule has 0 bridgehead atoms. The molecule has 4 nitrogen and oxygen atoms in total. The molecule has 1 atom stereocenters. The lowest BCUT2D eigenvalue weighted by atomic mass is 9.85. The van der Waals surface area contributed by atoms with Crippen LogP contribution in [0.15, 0.2) is 0 Å². The Hall–Kier alpha value is -0.425. The molecule has 3 aliphatic rings. The first-order chi connectivity index (χ1) is 10.4. The second-order valence-corrected chi connectivity index (χ2v) is 8.79. The maximum Gasteiger partial charge on any atom is 0.507 e. The zero-order valence-electron chi connectivity index (χ0n) is 13.8. The predicted molar refractivity (Wildman–Crippen MR) is 88.0 cm³/mol. The van der Waals surface area contributed by atoms with Crippen molar-refractivity contribution >= 4 is 23.2 Å². The van der Waals surface area contributed by atoms with Crippen molar-refractivity contribution < 1.29 is 14.0 Å². The normalized spacial score (nSPS) is 30.2. The van der Waals surface area contributed by atoms with Crippen LogP contribution in [0, 0.1) is 0 Å². The van der Waals surface area contributed by atoms with Crippen LogP contribution in [0.1, 0.15) is 69.5 Å². The summed E-state index contributed by atoms with van der Waals surface area (Å²) in [5, 5.41) is 1.21. The van der Waals surface area contributed by atoms with E-state index in [1.807, 2.05) is 0 Å². The number of hydrogen-bond acceptors (Lipinski definition) is 5. The average Bonchev–Trinajstić information content (AvgIpc) is 2.89. The van der Waals surface area contributed by atoms with Crippen molar-refractivity contribution in [2.45, 2.75) is 70.0 Å². The third kappa shape index (κ3) is 2.44. The third-order valence-corrected chi connectivity index (χ3v) is 6.66. The molecule has 0 spiro atoms. The molecule has 0 amide bonds. The van der Waals surface area contributed by atoms with Crippen molar-refractivity contribution in [3.8, 4) is 0 Å². The van der Waals surface area contributed by atoms with Gasteiger partial charge in [0, 0.05) is 18.4 Å². The molecule has 0 aromatic carbocycles.